The second kappa shape index (κ2) is 7.56. The molecule has 150 valence electrons. The van der Waals surface area contributed by atoms with E-state index in [0.717, 1.165) is 12.7 Å². The van der Waals surface area contributed by atoms with E-state index in [2.05, 4.69) is 10.2 Å². The van der Waals surface area contributed by atoms with E-state index in [4.69, 9.17) is 4.74 Å². The average Bonchev–Trinajstić information content (AvgIpc) is 2.68. The predicted octanol–water partition coefficient (Wildman–Crippen LogP) is 4.03. The summed E-state index contributed by atoms with van der Waals surface area (Å²) >= 11 is 0. The zero-order valence-corrected chi connectivity index (χ0v) is 16.0. The van der Waals surface area contributed by atoms with Gasteiger partial charge >= 0.3 is 6.18 Å². The number of hydrogen-bond acceptors (Lipinski definition) is 3. The number of carbonyl (C=O) groups excluding carboxylic acids is 1. The van der Waals surface area contributed by atoms with Crippen LogP contribution in [0.3, 0.4) is 0 Å². The Hall–Kier alpha value is -2.38. The summed E-state index contributed by atoms with van der Waals surface area (Å²) in [6, 6.07) is 12.6. The Morgan fingerprint density at radius 1 is 1.14 bits per heavy atom. The first-order valence-corrected chi connectivity index (χ1v) is 9.03. The van der Waals surface area contributed by atoms with Crippen molar-refractivity contribution in [1.82, 2.24) is 10.2 Å². The predicted molar refractivity (Wildman–Crippen MR) is 99.8 cm³/mol. The molecule has 0 saturated carbocycles. The molecular formula is C21H23F3N2O2. The molecule has 2 unspecified atom stereocenters. The first-order valence-electron chi connectivity index (χ1n) is 9.03. The number of amides is 1. The third kappa shape index (κ3) is 3.40. The Kier molecular flexibility index (Phi) is 5.50. The highest BCUT2D eigenvalue weighted by Gasteiger charge is 2.59. The Balaban J connectivity index is 2.13. The van der Waals surface area contributed by atoms with Gasteiger partial charge in [0.1, 0.15) is 0 Å². The summed E-state index contributed by atoms with van der Waals surface area (Å²) < 4.78 is 48.0. The maximum absolute atomic E-state index is 14.3. The summed E-state index contributed by atoms with van der Waals surface area (Å²) in [5, 5.41) is 2.13. The largest absolute Gasteiger partial charge is 0.441 e. The highest BCUT2D eigenvalue weighted by molar-refractivity contribution is 5.94. The molecule has 0 fully saturated rings. The Bertz CT molecular complexity index is 854. The molecule has 2 atom stereocenters. The number of ether oxygens (including phenoxy) is 1. The third-order valence-electron chi connectivity index (χ3n) is 5.45. The van der Waals surface area contributed by atoms with E-state index in [0.29, 0.717) is 18.5 Å². The minimum Gasteiger partial charge on any atom is -0.347 e. The van der Waals surface area contributed by atoms with Crippen molar-refractivity contribution in [2.75, 3.05) is 20.7 Å². The SMILES string of the molecule is COC(NC(=O)c1ccccc1)(c1cccc2c1CCN(C)C2C)C(F)(F)F. The topological polar surface area (TPSA) is 41.6 Å². The molecule has 0 aromatic heterocycles. The smallest absolute Gasteiger partial charge is 0.347 e. The van der Waals surface area contributed by atoms with Crippen molar-refractivity contribution in [3.8, 4) is 0 Å². The van der Waals surface area contributed by atoms with Crippen LogP contribution in [-0.2, 0) is 16.9 Å². The fraction of sp³-hybridized carbons (Fsp3) is 0.381. The number of methoxy groups -OCH3 is 1. The normalized spacial score (nSPS) is 19.6. The fourth-order valence-electron chi connectivity index (χ4n) is 3.71. The molecule has 1 amide bonds. The minimum absolute atomic E-state index is 0.0312. The highest BCUT2D eigenvalue weighted by Crippen LogP contribution is 2.44. The maximum Gasteiger partial charge on any atom is 0.441 e. The molecule has 1 heterocycles. The average molecular weight is 392 g/mol. The lowest BCUT2D eigenvalue weighted by Gasteiger charge is -2.40. The van der Waals surface area contributed by atoms with E-state index in [9.17, 15) is 18.0 Å². The lowest BCUT2D eigenvalue weighted by atomic mass is 9.85. The Morgan fingerprint density at radius 3 is 2.43 bits per heavy atom. The quantitative estimate of drug-likeness (QED) is 0.799. The van der Waals surface area contributed by atoms with Gasteiger partial charge in [-0.2, -0.15) is 13.2 Å². The molecule has 2 aromatic rings. The van der Waals surface area contributed by atoms with E-state index >= 15 is 0 Å². The molecule has 0 spiro atoms. The van der Waals surface area contributed by atoms with E-state index in [1.54, 1.807) is 24.3 Å². The zero-order chi connectivity index (χ0) is 20.5. The lowest BCUT2D eigenvalue weighted by Crippen LogP contribution is -2.58. The first-order chi connectivity index (χ1) is 13.2. The fourth-order valence-corrected chi connectivity index (χ4v) is 3.71. The van der Waals surface area contributed by atoms with Crippen LogP contribution in [0.5, 0.6) is 0 Å². The van der Waals surface area contributed by atoms with Crippen LogP contribution in [0.15, 0.2) is 48.5 Å². The van der Waals surface area contributed by atoms with Gasteiger partial charge in [0, 0.05) is 30.8 Å². The molecule has 1 aliphatic rings. The van der Waals surface area contributed by atoms with E-state index < -0.39 is 17.8 Å². The van der Waals surface area contributed by atoms with Gasteiger partial charge in [0.2, 0.25) is 0 Å². The number of rotatable bonds is 4. The van der Waals surface area contributed by atoms with Crippen molar-refractivity contribution >= 4 is 5.91 Å². The standard InChI is InChI=1S/C21H23F3N2O2/c1-14-16-10-7-11-18(17(16)12-13-26(14)2)20(28-3,21(22,23)24)25-19(27)15-8-5-4-6-9-15/h4-11,14H,12-13H2,1-3H3,(H,25,27). The number of benzene rings is 2. The van der Waals surface area contributed by atoms with Crippen LogP contribution in [0.2, 0.25) is 0 Å². The molecule has 7 heteroatoms. The lowest BCUT2D eigenvalue weighted by molar-refractivity contribution is -0.285. The number of carbonyl (C=O) groups is 1. The van der Waals surface area contributed by atoms with Crippen LogP contribution in [0.25, 0.3) is 0 Å². The van der Waals surface area contributed by atoms with Crippen LogP contribution in [0.4, 0.5) is 13.2 Å². The van der Waals surface area contributed by atoms with E-state index in [-0.39, 0.29) is 17.2 Å². The molecule has 0 saturated heterocycles. The van der Waals surface area contributed by atoms with Crippen molar-refractivity contribution in [2.24, 2.45) is 0 Å². The number of fused-ring (bicyclic) bond motifs is 1. The summed E-state index contributed by atoms with van der Waals surface area (Å²) in [6.07, 6.45) is -4.41. The monoisotopic (exact) mass is 392 g/mol. The Morgan fingerprint density at radius 2 is 1.82 bits per heavy atom. The van der Waals surface area contributed by atoms with Crippen LogP contribution >= 0.6 is 0 Å². The number of hydrogen-bond donors (Lipinski definition) is 1. The molecule has 0 aliphatic carbocycles. The van der Waals surface area contributed by atoms with E-state index in [1.807, 2.05) is 20.0 Å². The van der Waals surface area contributed by atoms with Crippen molar-refractivity contribution in [3.05, 3.63) is 70.8 Å². The van der Waals surface area contributed by atoms with Crippen molar-refractivity contribution in [1.29, 1.82) is 0 Å². The third-order valence-corrected chi connectivity index (χ3v) is 5.45. The van der Waals surface area contributed by atoms with Crippen molar-refractivity contribution < 1.29 is 22.7 Å². The first kappa shape index (κ1) is 20.4. The summed E-state index contributed by atoms with van der Waals surface area (Å²) in [6.45, 7) is 2.57. The van der Waals surface area contributed by atoms with Crippen LogP contribution in [0.1, 0.15) is 40.0 Å². The molecular weight excluding hydrogens is 369 g/mol. The second-order valence-corrected chi connectivity index (χ2v) is 6.98. The van der Waals surface area contributed by atoms with E-state index in [1.165, 1.54) is 18.2 Å². The van der Waals surface area contributed by atoms with Crippen LogP contribution in [0, 0.1) is 0 Å². The number of likely N-dealkylation sites (N-methyl/N-ethyl adjacent to an activating group) is 1. The van der Waals surface area contributed by atoms with Gasteiger partial charge in [0.15, 0.2) is 0 Å². The van der Waals surface area contributed by atoms with Crippen molar-refractivity contribution in [3.63, 3.8) is 0 Å². The number of nitrogens with zero attached hydrogens (tertiary/aromatic N) is 1. The second-order valence-electron chi connectivity index (χ2n) is 6.98. The van der Waals surface area contributed by atoms with Gasteiger partial charge in [-0.05, 0) is 43.7 Å². The summed E-state index contributed by atoms with van der Waals surface area (Å²) in [5.41, 5.74) is -1.48. The molecule has 1 N–H and O–H groups in total. The Labute approximate surface area is 162 Å². The van der Waals surface area contributed by atoms with Gasteiger partial charge < -0.3 is 10.1 Å². The molecule has 3 rings (SSSR count). The number of nitrogens with one attached hydrogen (secondary N) is 1. The van der Waals surface area contributed by atoms with Gasteiger partial charge in [0.25, 0.3) is 11.6 Å². The number of halogens is 3. The molecule has 28 heavy (non-hydrogen) atoms. The van der Waals surface area contributed by atoms with Gasteiger partial charge in [0.05, 0.1) is 0 Å². The minimum atomic E-state index is -4.85. The molecule has 4 nitrogen and oxygen atoms in total. The van der Waals surface area contributed by atoms with Gasteiger partial charge in [-0.25, -0.2) is 0 Å². The highest BCUT2D eigenvalue weighted by atomic mass is 19.4. The van der Waals surface area contributed by atoms with Gasteiger partial charge in [-0.15, -0.1) is 0 Å². The van der Waals surface area contributed by atoms with Crippen molar-refractivity contribution in [2.45, 2.75) is 31.3 Å². The molecule has 2 aromatic carbocycles. The van der Waals surface area contributed by atoms with Gasteiger partial charge in [-0.1, -0.05) is 36.4 Å². The zero-order valence-electron chi connectivity index (χ0n) is 16.0. The number of alkyl halides is 3. The van der Waals surface area contributed by atoms with Crippen LogP contribution < -0.4 is 5.32 Å². The molecule has 0 bridgehead atoms. The molecule has 1 aliphatic heterocycles. The summed E-state index contributed by atoms with van der Waals surface area (Å²) in [7, 11) is 2.90. The molecule has 0 radical (unpaired) electrons. The summed E-state index contributed by atoms with van der Waals surface area (Å²) in [4.78, 5) is 14.7. The maximum atomic E-state index is 14.3. The van der Waals surface area contributed by atoms with Gasteiger partial charge in [-0.3, -0.25) is 9.69 Å². The van der Waals surface area contributed by atoms with Crippen LogP contribution in [-0.4, -0.2) is 37.7 Å². The summed E-state index contributed by atoms with van der Waals surface area (Å²) in [5.74, 6) is -0.849.